The molecule has 1 N–H and O–H groups in total. The number of rotatable bonds is 7. The monoisotopic (exact) mass is 271 g/mol. The van der Waals surface area contributed by atoms with Crippen molar-refractivity contribution in [3.8, 4) is 5.88 Å². The van der Waals surface area contributed by atoms with Crippen molar-refractivity contribution in [2.75, 3.05) is 18.5 Å². The Morgan fingerprint density at radius 1 is 1.15 bits per heavy atom. The quantitative estimate of drug-likeness (QED) is 0.840. The normalized spacial score (nSPS) is 10.3. The van der Waals surface area contributed by atoms with Crippen LogP contribution in [0.5, 0.6) is 5.88 Å². The van der Waals surface area contributed by atoms with Crippen molar-refractivity contribution >= 4 is 5.95 Å². The standard InChI is InChI=1S/C16H21N3O/c1-3-11-20-15-12-13(2)18-16(19-15)17-10-9-14-7-5-4-6-8-14/h4-8,12H,3,9-11H2,1-2H3,(H,17,18,19). The third-order valence-corrected chi connectivity index (χ3v) is 2.82. The highest BCUT2D eigenvalue weighted by Gasteiger charge is 2.02. The summed E-state index contributed by atoms with van der Waals surface area (Å²) >= 11 is 0. The molecular formula is C16H21N3O. The van der Waals surface area contributed by atoms with Crippen LogP contribution in [0, 0.1) is 6.92 Å². The second kappa shape index (κ2) is 7.48. The van der Waals surface area contributed by atoms with Crippen LogP contribution in [-0.2, 0) is 6.42 Å². The maximum Gasteiger partial charge on any atom is 0.226 e. The lowest BCUT2D eigenvalue weighted by atomic mass is 10.1. The van der Waals surface area contributed by atoms with Gasteiger partial charge in [0, 0.05) is 18.3 Å². The van der Waals surface area contributed by atoms with E-state index < -0.39 is 0 Å². The highest BCUT2D eigenvalue weighted by atomic mass is 16.5. The number of nitrogens with one attached hydrogen (secondary N) is 1. The van der Waals surface area contributed by atoms with Crippen molar-refractivity contribution in [2.24, 2.45) is 0 Å². The molecule has 0 radical (unpaired) electrons. The molecule has 1 aromatic carbocycles. The molecule has 0 spiro atoms. The van der Waals surface area contributed by atoms with Crippen LogP contribution in [0.3, 0.4) is 0 Å². The summed E-state index contributed by atoms with van der Waals surface area (Å²) in [6.45, 7) is 5.51. The number of benzene rings is 1. The van der Waals surface area contributed by atoms with Gasteiger partial charge in [-0.15, -0.1) is 0 Å². The fourth-order valence-electron chi connectivity index (χ4n) is 1.86. The van der Waals surface area contributed by atoms with Crippen molar-refractivity contribution in [3.05, 3.63) is 47.7 Å². The van der Waals surface area contributed by atoms with Crippen LogP contribution in [0.4, 0.5) is 5.95 Å². The smallest absolute Gasteiger partial charge is 0.226 e. The van der Waals surface area contributed by atoms with Crippen LogP contribution in [0.25, 0.3) is 0 Å². The Hall–Kier alpha value is -2.10. The number of aromatic nitrogens is 2. The summed E-state index contributed by atoms with van der Waals surface area (Å²) in [7, 11) is 0. The molecule has 0 aliphatic heterocycles. The lowest BCUT2D eigenvalue weighted by Gasteiger charge is -2.09. The molecule has 0 fully saturated rings. The number of anilines is 1. The van der Waals surface area contributed by atoms with Crippen molar-refractivity contribution in [3.63, 3.8) is 0 Å². The van der Waals surface area contributed by atoms with Gasteiger partial charge in [0.15, 0.2) is 0 Å². The summed E-state index contributed by atoms with van der Waals surface area (Å²) in [6.07, 6.45) is 1.92. The highest BCUT2D eigenvalue weighted by molar-refractivity contribution is 5.31. The third-order valence-electron chi connectivity index (χ3n) is 2.82. The molecule has 0 unspecified atom stereocenters. The minimum absolute atomic E-state index is 0.632. The molecule has 0 saturated carbocycles. The predicted molar refractivity (Wildman–Crippen MR) is 81.2 cm³/mol. The Morgan fingerprint density at radius 2 is 1.95 bits per heavy atom. The summed E-state index contributed by atoms with van der Waals surface area (Å²) in [5.74, 6) is 1.27. The van der Waals surface area contributed by atoms with E-state index in [1.165, 1.54) is 5.56 Å². The summed E-state index contributed by atoms with van der Waals surface area (Å²) in [5, 5.41) is 3.25. The lowest BCUT2D eigenvalue weighted by molar-refractivity contribution is 0.305. The zero-order chi connectivity index (χ0) is 14.2. The number of ether oxygens (including phenoxy) is 1. The van der Waals surface area contributed by atoms with E-state index in [1.807, 2.05) is 19.1 Å². The zero-order valence-corrected chi connectivity index (χ0v) is 12.1. The van der Waals surface area contributed by atoms with E-state index in [1.54, 1.807) is 0 Å². The van der Waals surface area contributed by atoms with Crippen molar-refractivity contribution < 1.29 is 4.74 Å². The molecule has 1 heterocycles. The van der Waals surface area contributed by atoms with E-state index in [9.17, 15) is 0 Å². The topological polar surface area (TPSA) is 47.0 Å². The van der Waals surface area contributed by atoms with Crippen LogP contribution >= 0.6 is 0 Å². The SMILES string of the molecule is CCCOc1cc(C)nc(NCCc2ccccc2)n1. The number of nitrogens with zero attached hydrogens (tertiary/aromatic N) is 2. The molecule has 20 heavy (non-hydrogen) atoms. The first kappa shape index (κ1) is 14.3. The Labute approximate surface area is 120 Å². The first-order chi connectivity index (χ1) is 9.78. The maximum atomic E-state index is 5.55. The van der Waals surface area contributed by atoms with Crippen molar-refractivity contribution in [1.29, 1.82) is 0 Å². The summed E-state index contributed by atoms with van der Waals surface area (Å²) in [5.41, 5.74) is 2.21. The van der Waals surface area contributed by atoms with Gasteiger partial charge in [0.1, 0.15) is 0 Å². The first-order valence-corrected chi connectivity index (χ1v) is 7.04. The van der Waals surface area contributed by atoms with E-state index in [2.05, 4.69) is 46.5 Å². The summed E-state index contributed by atoms with van der Waals surface area (Å²) in [4.78, 5) is 8.73. The van der Waals surface area contributed by atoms with E-state index >= 15 is 0 Å². The van der Waals surface area contributed by atoms with Gasteiger partial charge in [0.25, 0.3) is 0 Å². The fourth-order valence-corrected chi connectivity index (χ4v) is 1.86. The van der Waals surface area contributed by atoms with Gasteiger partial charge in [-0.25, -0.2) is 4.98 Å². The molecule has 0 aliphatic carbocycles. The molecule has 2 rings (SSSR count). The minimum Gasteiger partial charge on any atom is -0.478 e. The van der Waals surface area contributed by atoms with Crippen LogP contribution in [0.15, 0.2) is 36.4 Å². The highest BCUT2D eigenvalue weighted by Crippen LogP contribution is 2.12. The molecule has 4 nitrogen and oxygen atoms in total. The summed E-state index contributed by atoms with van der Waals surface area (Å²) < 4.78 is 5.55. The molecule has 2 aromatic rings. The van der Waals surface area contributed by atoms with Gasteiger partial charge in [-0.05, 0) is 25.3 Å². The third kappa shape index (κ3) is 4.53. The Kier molecular flexibility index (Phi) is 5.35. The van der Waals surface area contributed by atoms with Gasteiger partial charge < -0.3 is 10.1 Å². The van der Waals surface area contributed by atoms with E-state index in [4.69, 9.17) is 4.74 Å². The van der Waals surface area contributed by atoms with Crippen LogP contribution < -0.4 is 10.1 Å². The van der Waals surface area contributed by atoms with E-state index in [-0.39, 0.29) is 0 Å². The molecule has 4 heteroatoms. The number of hydrogen-bond acceptors (Lipinski definition) is 4. The van der Waals surface area contributed by atoms with Crippen molar-refractivity contribution in [1.82, 2.24) is 9.97 Å². The van der Waals surface area contributed by atoms with Crippen molar-refractivity contribution in [2.45, 2.75) is 26.7 Å². The molecule has 0 atom stereocenters. The Morgan fingerprint density at radius 3 is 2.70 bits per heavy atom. The average Bonchev–Trinajstić information content (AvgIpc) is 2.46. The van der Waals surface area contributed by atoms with Gasteiger partial charge in [0.2, 0.25) is 11.8 Å². The first-order valence-electron chi connectivity index (χ1n) is 7.04. The van der Waals surface area contributed by atoms with Gasteiger partial charge in [-0.2, -0.15) is 4.98 Å². The second-order valence-electron chi connectivity index (χ2n) is 4.68. The molecule has 0 aliphatic rings. The lowest BCUT2D eigenvalue weighted by Crippen LogP contribution is -2.09. The largest absolute Gasteiger partial charge is 0.478 e. The van der Waals surface area contributed by atoms with Gasteiger partial charge in [-0.3, -0.25) is 0 Å². The summed E-state index contributed by atoms with van der Waals surface area (Å²) in [6, 6.07) is 12.2. The molecule has 0 amide bonds. The number of aryl methyl sites for hydroxylation is 1. The van der Waals surface area contributed by atoms with Gasteiger partial charge in [-0.1, -0.05) is 37.3 Å². The zero-order valence-electron chi connectivity index (χ0n) is 12.1. The Bertz CT molecular complexity index is 529. The van der Waals surface area contributed by atoms with Gasteiger partial charge >= 0.3 is 0 Å². The predicted octanol–water partition coefficient (Wildman–Crippen LogP) is 3.23. The fraction of sp³-hybridized carbons (Fsp3) is 0.375. The Balaban J connectivity index is 1.90. The van der Waals surface area contributed by atoms with E-state index in [0.717, 1.165) is 25.1 Å². The second-order valence-corrected chi connectivity index (χ2v) is 4.68. The molecule has 1 aromatic heterocycles. The molecule has 0 bridgehead atoms. The molecular weight excluding hydrogens is 250 g/mol. The number of hydrogen-bond donors (Lipinski definition) is 1. The van der Waals surface area contributed by atoms with Crippen LogP contribution in [-0.4, -0.2) is 23.1 Å². The molecule has 106 valence electrons. The van der Waals surface area contributed by atoms with Gasteiger partial charge in [0.05, 0.1) is 6.61 Å². The average molecular weight is 271 g/mol. The van der Waals surface area contributed by atoms with Crippen LogP contribution in [0.2, 0.25) is 0 Å². The minimum atomic E-state index is 0.632. The molecule has 0 saturated heterocycles. The maximum absolute atomic E-state index is 5.55. The van der Waals surface area contributed by atoms with E-state index in [0.29, 0.717) is 18.4 Å². The van der Waals surface area contributed by atoms with Crippen LogP contribution in [0.1, 0.15) is 24.6 Å².